The normalized spacial score (nSPS) is 16.3. The summed E-state index contributed by atoms with van der Waals surface area (Å²) >= 11 is 0. The van der Waals surface area contributed by atoms with Gasteiger partial charge in [0, 0.05) is 31.7 Å². The standard InChI is InChI=1S/C26H27FN4O/c1-2-30-13-15-31(16-14-30)26(23-18-28-29-25(23)24-4-3-17-32-24)21-7-5-19(6-8-21)20-9-11-22(27)12-10-20/h3-12,17-18,26H,2,13-16H2,1H3,(H,28,29). The molecule has 1 atom stereocenters. The number of hydrogen-bond donors (Lipinski definition) is 1. The number of hydrogen-bond acceptors (Lipinski definition) is 4. The Hall–Kier alpha value is -3.22. The van der Waals surface area contributed by atoms with Crippen LogP contribution in [-0.4, -0.2) is 52.7 Å². The molecule has 0 amide bonds. The molecule has 1 unspecified atom stereocenters. The lowest BCUT2D eigenvalue weighted by Crippen LogP contribution is -2.47. The van der Waals surface area contributed by atoms with Crippen molar-refractivity contribution in [3.63, 3.8) is 0 Å². The molecule has 3 heterocycles. The summed E-state index contributed by atoms with van der Waals surface area (Å²) < 4.78 is 19.0. The minimum Gasteiger partial charge on any atom is -0.463 e. The second-order valence-corrected chi connectivity index (χ2v) is 8.18. The first-order chi connectivity index (χ1) is 15.7. The average Bonchev–Trinajstić information content (AvgIpc) is 3.53. The van der Waals surface area contributed by atoms with Crippen LogP contribution >= 0.6 is 0 Å². The van der Waals surface area contributed by atoms with E-state index >= 15 is 0 Å². The Kier molecular flexibility index (Phi) is 5.88. The molecule has 1 N–H and O–H groups in total. The molecule has 6 heteroatoms. The van der Waals surface area contributed by atoms with Crippen molar-refractivity contribution < 1.29 is 8.81 Å². The van der Waals surface area contributed by atoms with Crippen molar-refractivity contribution in [3.8, 4) is 22.6 Å². The van der Waals surface area contributed by atoms with Gasteiger partial charge in [-0.15, -0.1) is 0 Å². The summed E-state index contributed by atoms with van der Waals surface area (Å²) in [5, 5.41) is 7.51. The Morgan fingerprint density at radius 1 is 0.969 bits per heavy atom. The summed E-state index contributed by atoms with van der Waals surface area (Å²) in [5.74, 6) is 0.569. The van der Waals surface area contributed by atoms with Gasteiger partial charge in [0.05, 0.1) is 18.5 Å². The van der Waals surface area contributed by atoms with E-state index in [9.17, 15) is 4.39 Å². The number of nitrogens with one attached hydrogen (secondary N) is 1. The Balaban J connectivity index is 1.51. The van der Waals surface area contributed by atoms with Gasteiger partial charge in [0.25, 0.3) is 0 Å². The highest BCUT2D eigenvalue weighted by Crippen LogP contribution is 2.36. The van der Waals surface area contributed by atoms with E-state index in [0.29, 0.717) is 0 Å². The van der Waals surface area contributed by atoms with Gasteiger partial charge in [0.1, 0.15) is 11.5 Å². The van der Waals surface area contributed by atoms with E-state index in [1.165, 1.54) is 17.7 Å². The summed E-state index contributed by atoms with van der Waals surface area (Å²) in [7, 11) is 0. The van der Waals surface area contributed by atoms with Crippen molar-refractivity contribution in [2.45, 2.75) is 13.0 Å². The predicted molar refractivity (Wildman–Crippen MR) is 124 cm³/mol. The third kappa shape index (κ3) is 4.11. The molecule has 5 nitrogen and oxygen atoms in total. The van der Waals surface area contributed by atoms with Crippen molar-refractivity contribution in [1.82, 2.24) is 20.0 Å². The van der Waals surface area contributed by atoms with Gasteiger partial charge < -0.3 is 9.32 Å². The van der Waals surface area contributed by atoms with Gasteiger partial charge >= 0.3 is 0 Å². The van der Waals surface area contributed by atoms with E-state index in [1.54, 1.807) is 6.26 Å². The Morgan fingerprint density at radius 3 is 2.28 bits per heavy atom. The van der Waals surface area contributed by atoms with Gasteiger partial charge in [-0.05, 0) is 47.5 Å². The highest BCUT2D eigenvalue weighted by Gasteiger charge is 2.29. The molecule has 0 radical (unpaired) electrons. The molecule has 5 rings (SSSR count). The van der Waals surface area contributed by atoms with E-state index in [0.717, 1.165) is 60.9 Å². The van der Waals surface area contributed by atoms with Crippen molar-refractivity contribution in [2.24, 2.45) is 0 Å². The van der Waals surface area contributed by atoms with Gasteiger partial charge in [0.15, 0.2) is 5.76 Å². The van der Waals surface area contributed by atoms with Gasteiger partial charge in [-0.3, -0.25) is 10.00 Å². The number of aromatic nitrogens is 2. The maximum absolute atomic E-state index is 13.3. The highest BCUT2D eigenvalue weighted by atomic mass is 19.1. The third-order valence-electron chi connectivity index (χ3n) is 6.35. The second kappa shape index (κ2) is 9.10. The molecule has 32 heavy (non-hydrogen) atoms. The van der Waals surface area contributed by atoms with Crippen LogP contribution in [0, 0.1) is 5.82 Å². The third-order valence-corrected chi connectivity index (χ3v) is 6.35. The van der Waals surface area contributed by atoms with Crippen molar-refractivity contribution in [1.29, 1.82) is 0 Å². The van der Waals surface area contributed by atoms with E-state index in [4.69, 9.17) is 4.42 Å². The minimum atomic E-state index is -0.220. The lowest BCUT2D eigenvalue weighted by Gasteiger charge is -2.39. The second-order valence-electron chi connectivity index (χ2n) is 8.18. The molecule has 1 aliphatic heterocycles. The van der Waals surface area contributed by atoms with Crippen LogP contribution in [0.15, 0.2) is 77.5 Å². The van der Waals surface area contributed by atoms with Gasteiger partial charge in [-0.2, -0.15) is 5.10 Å². The van der Waals surface area contributed by atoms with Crippen LogP contribution in [0.5, 0.6) is 0 Å². The molecule has 0 aliphatic carbocycles. The molecule has 164 valence electrons. The summed E-state index contributed by atoms with van der Waals surface area (Å²) in [4.78, 5) is 5.00. The zero-order chi connectivity index (χ0) is 21.9. The molecule has 1 fully saturated rings. The molecule has 1 saturated heterocycles. The molecular formula is C26H27FN4O. The fourth-order valence-electron chi connectivity index (χ4n) is 4.55. The number of piperazine rings is 1. The lowest BCUT2D eigenvalue weighted by molar-refractivity contribution is 0.113. The predicted octanol–water partition coefficient (Wildman–Crippen LogP) is 5.20. The summed E-state index contributed by atoms with van der Waals surface area (Å²) in [6.07, 6.45) is 3.61. The molecule has 2 aromatic heterocycles. The smallest absolute Gasteiger partial charge is 0.151 e. The molecule has 4 aromatic rings. The van der Waals surface area contributed by atoms with Crippen LogP contribution in [-0.2, 0) is 0 Å². The molecular weight excluding hydrogens is 403 g/mol. The maximum Gasteiger partial charge on any atom is 0.151 e. The Labute approximate surface area is 187 Å². The SMILES string of the molecule is CCN1CCN(C(c2ccc(-c3ccc(F)cc3)cc2)c2cn[nH]c2-c2ccco2)CC1. The number of H-pyrrole nitrogens is 1. The molecule has 1 aliphatic rings. The van der Waals surface area contributed by atoms with E-state index < -0.39 is 0 Å². The average molecular weight is 431 g/mol. The zero-order valence-electron chi connectivity index (χ0n) is 18.2. The van der Waals surface area contributed by atoms with Crippen LogP contribution in [0.2, 0.25) is 0 Å². The lowest BCUT2D eigenvalue weighted by atomic mass is 9.94. The van der Waals surface area contributed by atoms with Crippen LogP contribution < -0.4 is 0 Å². The summed E-state index contributed by atoms with van der Waals surface area (Å²) in [6.45, 7) is 7.37. The topological polar surface area (TPSA) is 48.3 Å². The fraction of sp³-hybridized carbons (Fsp3) is 0.269. The van der Waals surface area contributed by atoms with Crippen LogP contribution in [0.25, 0.3) is 22.6 Å². The van der Waals surface area contributed by atoms with E-state index in [-0.39, 0.29) is 11.9 Å². The molecule has 0 saturated carbocycles. The Morgan fingerprint density at radius 2 is 1.66 bits per heavy atom. The molecule has 0 spiro atoms. The fourth-order valence-corrected chi connectivity index (χ4v) is 4.55. The van der Waals surface area contributed by atoms with Gasteiger partial charge in [0.2, 0.25) is 0 Å². The number of benzene rings is 2. The Bertz CT molecular complexity index is 1130. The van der Waals surface area contributed by atoms with Crippen LogP contribution in [0.1, 0.15) is 24.1 Å². The largest absolute Gasteiger partial charge is 0.463 e. The summed E-state index contributed by atoms with van der Waals surface area (Å²) in [5.41, 5.74) is 5.31. The van der Waals surface area contributed by atoms with Crippen LogP contribution in [0.3, 0.4) is 0 Å². The first kappa shape index (κ1) is 20.7. The maximum atomic E-state index is 13.3. The monoisotopic (exact) mass is 430 g/mol. The van der Waals surface area contributed by atoms with Crippen molar-refractivity contribution >= 4 is 0 Å². The van der Waals surface area contributed by atoms with Crippen molar-refractivity contribution in [2.75, 3.05) is 32.7 Å². The van der Waals surface area contributed by atoms with Crippen molar-refractivity contribution in [3.05, 3.63) is 90.1 Å². The van der Waals surface area contributed by atoms with Crippen LogP contribution in [0.4, 0.5) is 4.39 Å². The zero-order valence-corrected chi connectivity index (χ0v) is 18.2. The quantitative estimate of drug-likeness (QED) is 0.457. The number of nitrogens with zero attached hydrogens (tertiary/aromatic N) is 3. The summed E-state index contributed by atoms with van der Waals surface area (Å²) in [6, 6.07) is 19.1. The molecule has 0 bridgehead atoms. The van der Waals surface area contributed by atoms with Gasteiger partial charge in [-0.25, -0.2) is 4.39 Å². The number of aromatic amines is 1. The number of rotatable bonds is 6. The first-order valence-electron chi connectivity index (χ1n) is 11.1. The number of halogens is 1. The molecule has 2 aromatic carbocycles. The first-order valence-corrected chi connectivity index (χ1v) is 11.1. The van der Waals surface area contributed by atoms with Gasteiger partial charge in [-0.1, -0.05) is 43.3 Å². The van der Waals surface area contributed by atoms with E-state index in [2.05, 4.69) is 51.2 Å². The number of likely N-dealkylation sites (N-methyl/N-ethyl adjacent to an activating group) is 1. The van der Waals surface area contributed by atoms with E-state index in [1.807, 2.05) is 30.5 Å². The number of furan rings is 1. The highest BCUT2D eigenvalue weighted by molar-refractivity contribution is 5.64. The minimum absolute atomic E-state index is 0.0649.